The number of carboxylic acid groups (broad SMARTS) is 2. The van der Waals surface area contributed by atoms with Crippen LogP contribution in [0.15, 0.2) is 6.20 Å². The number of carboxylic acids is 1. The summed E-state index contributed by atoms with van der Waals surface area (Å²) in [6.45, 7) is 1.91. The van der Waals surface area contributed by atoms with Gasteiger partial charge in [-0.3, -0.25) is 0 Å². The first-order valence-electron chi connectivity index (χ1n) is 5.00. The van der Waals surface area contributed by atoms with Gasteiger partial charge in [0, 0.05) is 26.2 Å². The van der Waals surface area contributed by atoms with Gasteiger partial charge in [0.2, 0.25) is 0 Å². The van der Waals surface area contributed by atoms with Crippen molar-refractivity contribution < 1.29 is 19.8 Å². The van der Waals surface area contributed by atoms with Gasteiger partial charge in [0.1, 0.15) is 4.88 Å². The van der Waals surface area contributed by atoms with E-state index < -0.39 is 12.1 Å². The lowest BCUT2D eigenvalue weighted by Gasteiger charge is -2.32. The van der Waals surface area contributed by atoms with Crippen molar-refractivity contribution in [1.29, 1.82) is 0 Å². The molecule has 0 radical (unpaired) electrons. The molecule has 1 aromatic heterocycles. The Labute approximate surface area is 101 Å². The van der Waals surface area contributed by atoms with Crippen LogP contribution >= 0.6 is 11.3 Å². The average molecular weight is 257 g/mol. The molecule has 0 unspecified atom stereocenters. The van der Waals surface area contributed by atoms with Crippen molar-refractivity contribution in [1.82, 2.24) is 9.88 Å². The van der Waals surface area contributed by atoms with Gasteiger partial charge in [-0.15, -0.1) is 0 Å². The molecule has 1 fully saturated rings. The van der Waals surface area contributed by atoms with Crippen LogP contribution in [0.4, 0.5) is 9.93 Å². The summed E-state index contributed by atoms with van der Waals surface area (Å²) in [5.41, 5.74) is 0. The van der Waals surface area contributed by atoms with Crippen LogP contribution in [0.2, 0.25) is 0 Å². The Bertz CT molecular complexity index is 439. The van der Waals surface area contributed by atoms with Gasteiger partial charge >= 0.3 is 12.1 Å². The number of carbonyl (C=O) groups is 2. The highest BCUT2D eigenvalue weighted by Crippen LogP contribution is 2.23. The Morgan fingerprint density at radius 3 is 2.35 bits per heavy atom. The Hall–Kier alpha value is -1.83. The minimum absolute atomic E-state index is 0.195. The fourth-order valence-corrected chi connectivity index (χ4v) is 2.41. The van der Waals surface area contributed by atoms with Crippen molar-refractivity contribution >= 4 is 28.5 Å². The molecular formula is C9H11N3O4S. The highest BCUT2D eigenvalue weighted by Gasteiger charge is 2.22. The van der Waals surface area contributed by atoms with E-state index in [1.54, 1.807) is 0 Å². The summed E-state index contributed by atoms with van der Waals surface area (Å²) in [5.74, 6) is -0.988. The molecule has 92 valence electrons. The van der Waals surface area contributed by atoms with Crippen LogP contribution in [0.25, 0.3) is 0 Å². The van der Waals surface area contributed by atoms with Crippen LogP contribution in [0.3, 0.4) is 0 Å². The zero-order valence-corrected chi connectivity index (χ0v) is 9.68. The zero-order chi connectivity index (χ0) is 12.4. The lowest BCUT2D eigenvalue weighted by Crippen LogP contribution is -2.48. The van der Waals surface area contributed by atoms with Crippen molar-refractivity contribution in [3.8, 4) is 0 Å². The molecular weight excluding hydrogens is 246 g/mol. The number of hydrogen-bond acceptors (Lipinski definition) is 5. The van der Waals surface area contributed by atoms with E-state index in [0.717, 1.165) is 11.3 Å². The predicted octanol–water partition coefficient (Wildman–Crippen LogP) is 0.641. The number of aromatic carboxylic acids is 1. The van der Waals surface area contributed by atoms with E-state index in [1.807, 2.05) is 4.90 Å². The van der Waals surface area contributed by atoms with E-state index in [4.69, 9.17) is 10.2 Å². The van der Waals surface area contributed by atoms with Gasteiger partial charge in [0.05, 0.1) is 6.20 Å². The highest BCUT2D eigenvalue weighted by molar-refractivity contribution is 7.17. The average Bonchev–Trinajstić information content (AvgIpc) is 2.78. The van der Waals surface area contributed by atoms with Gasteiger partial charge in [-0.1, -0.05) is 11.3 Å². The van der Waals surface area contributed by atoms with Gasteiger partial charge in [0.15, 0.2) is 5.13 Å². The number of thiazole rings is 1. The van der Waals surface area contributed by atoms with Crippen LogP contribution < -0.4 is 4.90 Å². The molecule has 7 nitrogen and oxygen atoms in total. The number of hydrogen-bond donors (Lipinski definition) is 2. The molecule has 0 saturated carbocycles. The maximum Gasteiger partial charge on any atom is 0.407 e. The summed E-state index contributed by atoms with van der Waals surface area (Å²) < 4.78 is 0. The smallest absolute Gasteiger partial charge is 0.407 e. The maximum atomic E-state index is 10.7. The van der Waals surface area contributed by atoms with Crippen LogP contribution in [0, 0.1) is 0 Å². The van der Waals surface area contributed by atoms with Crippen molar-refractivity contribution in [2.45, 2.75) is 0 Å². The lowest BCUT2D eigenvalue weighted by atomic mass is 10.3. The molecule has 0 spiro atoms. The van der Waals surface area contributed by atoms with Gasteiger partial charge < -0.3 is 20.0 Å². The monoisotopic (exact) mass is 257 g/mol. The van der Waals surface area contributed by atoms with Crippen molar-refractivity contribution in [2.24, 2.45) is 0 Å². The van der Waals surface area contributed by atoms with Gasteiger partial charge in [-0.05, 0) is 0 Å². The van der Waals surface area contributed by atoms with E-state index in [1.165, 1.54) is 11.1 Å². The third-order valence-corrected chi connectivity index (χ3v) is 3.57. The fourth-order valence-electron chi connectivity index (χ4n) is 1.60. The molecule has 17 heavy (non-hydrogen) atoms. The van der Waals surface area contributed by atoms with E-state index in [2.05, 4.69) is 4.98 Å². The molecule has 2 N–H and O–H groups in total. The SMILES string of the molecule is O=C(O)c1cnc(N2CCN(C(=O)O)CC2)s1. The Balaban J connectivity index is 2.00. The van der Waals surface area contributed by atoms with Gasteiger partial charge in [0.25, 0.3) is 0 Å². The molecule has 0 aromatic carbocycles. The highest BCUT2D eigenvalue weighted by atomic mass is 32.1. The largest absolute Gasteiger partial charge is 0.477 e. The Morgan fingerprint density at radius 1 is 1.24 bits per heavy atom. The van der Waals surface area contributed by atoms with Crippen molar-refractivity contribution in [2.75, 3.05) is 31.1 Å². The molecule has 1 aliphatic heterocycles. The summed E-state index contributed by atoms with van der Waals surface area (Å²) in [6, 6.07) is 0. The standard InChI is InChI=1S/C9H11N3O4S/c13-7(14)6-5-10-8(17-6)11-1-3-12(4-2-11)9(15)16/h5H,1-4H2,(H,13,14)(H,15,16). The quantitative estimate of drug-likeness (QED) is 0.807. The number of nitrogens with zero attached hydrogens (tertiary/aromatic N) is 3. The second-order valence-electron chi connectivity index (χ2n) is 3.57. The normalized spacial score (nSPS) is 16.0. The van der Waals surface area contributed by atoms with Crippen LogP contribution in [-0.2, 0) is 0 Å². The van der Waals surface area contributed by atoms with Crippen LogP contribution in [-0.4, -0.2) is 58.3 Å². The van der Waals surface area contributed by atoms with Crippen LogP contribution in [0.5, 0.6) is 0 Å². The third-order valence-electron chi connectivity index (χ3n) is 2.52. The number of anilines is 1. The second-order valence-corrected chi connectivity index (χ2v) is 4.58. The summed E-state index contributed by atoms with van der Waals surface area (Å²) in [6.07, 6.45) is 0.404. The maximum absolute atomic E-state index is 10.7. The second kappa shape index (κ2) is 4.58. The number of aromatic nitrogens is 1. The van der Waals surface area contributed by atoms with Crippen molar-refractivity contribution in [3.63, 3.8) is 0 Å². The summed E-state index contributed by atoms with van der Waals surface area (Å²) in [7, 11) is 0. The predicted molar refractivity (Wildman–Crippen MR) is 60.9 cm³/mol. The zero-order valence-electron chi connectivity index (χ0n) is 8.87. The van der Waals surface area contributed by atoms with E-state index in [0.29, 0.717) is 31.3 Å². The molecule has 1 amide bonds. The van der Waals surface area contributed by atoms with E-state index in [-0.39, 0.29) is 4.88 Å². The molecule has 0 bridgehead atoms. The number of amides is 1. The first-order chi connectivity index (χ1) is 8.08. The van der Waals surface area contributed by atoms with E-state index >= 15 is 0 Å². The molecule has 8 heteroatoms. The first kappa shape index (κ1) is 11.6. The minimum atomic E-state index is -0.988. The Morgan fingerprint density at radius 2 is 1.88 bits per heavy atom. The van der Waals surface area contributed by atoms with Gasteiger partial charge in [-0.2, -0.15) is 0 Å². The van der Waals surface area contributed by atoms with Crippen LogP contribution in [0.1, 0.15) is 9.67 Å². The Kier molecular flexibility index (Phi) is 3.14. The summed E-state index contributed by atoms with van der Waals surface area (Å²) in [4.78, 5) is 28.9. The molecule has 2 heterocycles. The molecule has 1 saturated heterocycles. The molecule has 0 aliphatic carbocycles. The van der Waals surface area contributed by atoms with E-state index in [9.17, 15) is 9.59 Å². The number of piperazine rings is 1. The first-order valence-corrected chi connectivity index (χ1v) is 5.81. The summed E-state index contributed by atoms with van der Waals surface area (Å²) >= 11 is 1.11. The molecule has 0 atom stereocenters. The lowest BCUT2D eigenvalue weighted by molar-refractivity contribution is 0.0702. The summed E-state index contributed by atoms with van der Waals surface area (Å²) in [5, 5.41) is 18.2. The van der Waals surface area contributed by atoms with Gasteiger partial charge in [-0.25, -0.2) is 14.6 Å². The topological polar surface area (TPSA) is 94.0 Å². The minimum Gasteiger partial charge on any atom is -0.477 e. The molecule has 1 aromatic rings. The molecule has 2 rings (SSSR count). The number of rotatable bonds is 2. The fraction of sp³-hybridized carbons (Fsp3) is 0.444. The molecule has 1 aliphatic rings. The van der Waals surface area contributed by atoms with Crippen molar-refractivity contribution in [3.05, 3.63) is 11.1 Å². The third kappa shape index (κ3) is 2.47.